The van der Waals surface area contributed by atoms with Gasteiger partial charge in [-0.05, 0) is 0 Å². The number of halogens is 5. The van der Waals surface area contributed by atoms with E-state index >= 15 is 0 Å². The number of pyridine rings is 1. The average Bonchev–Trinajstić information content (AvgIpc) is 2.25. The lowest BCUT2D eigenvalue weighted by atomic mass is 10.0. The standard InChI is InChI=1S/C9H5F5N2O/c10-8(11)6-4(3-17)2-16-5(1-15)7(6)9(12,13)14/h2,8,17H,3H2. The van der Waals surface area contributed by atoms with Crippen LogP contribution >= 0.6 is 0 Å². The molecule has 3 nitrogen and oxygen atoms in total. The Bertz CT molecular complexity index is 464. The highest BCUT2D eigenvalue weighted by molar-refractivity contribution is 5.44. The third-order valence-corrected chi connectivity index (χ3v) is 1.98. The summed E-state index contributed by atoms with van der Waals surface area (Å²) in [5.74, 6) is 0. The van der Waals surface area contributed by atoms with Crippen LogP contribution in [-0.2, 0) is 12.8 Å². The van der Waals surface area contributed by atoms with Crippen molar-refractivity contribution in [3.8, 4) is 6.07 Å². The minimum absolute atomic E-state index is 0.634. The molecule has 0 spiro atoms. The Morgan fingerprint density at radius 2 is 2.00 bits per heavy atom. The number of aliphatic hydroxyl groups is 1. The number of rotatable bonds is 2. The smallest absolute Gasteiger partial charge is 0.392 e. The molecule has 0 aliphatic carbocycles. The van der Waals surface area contributed by atoms with Crippen LogP contribution in [0, 0.1) is 11.3 Å². The zero-order valence-electron chi connectivity index (χ0n) is 8.09. The quantitative estimate of drug-likeness (QED) is 0.822. The van der Waals surface area contributed by atoms with E-state index in [0.29, 0.717) is 6.20 Å². The molecular weight excluding hydrogens is 247 g/mol. The van der Waals surface area contributed by atoms with Crippen molar-refractivity contribution < 1.29 is 27.1 Å². The van der Waals surface area contributed by atoms with Gasteiger partial charge in [0.15, 0.2) is 5.69 Å². The van der Waals surface area contributed by atoms with E-state index in [-0.39, 0.29) is 0 Å². The molecule has 0 bridgehead atoms. The van der Waals surface area contributed by atoms with E-state index in [0.717, 1.165) is 6.07 Å². The van der Waals surface area contributed by atoms with Gasteiger partial charge in [-0.25, -0.2) is 13.8 Å². The first kappa shape index (κ1) is 13.3. The van der Waals surface area contributed by atoms with Gasteiger partial charge in [-0.15, -0.1) is 0 Å². The molecule has 1 rings (SSSR count). The summed E-state index contributed by atoms with van der Waals surface area (Å²) in [6.45, 7) is -1.01. The van der Waals surface area contributed by atoms with Gasteiger partial charge in [0.05, 0.1) is 6.61 Å². The largest absolute Gasteiger partial charge is 0.419 e. The zero-order valence-corrected chi connectivity index (χ0v) is 8.09. The molecule has 0 atom stereocenters. The SMILES string of the molecule is N#Cc1ncc(CO)c(C(F)F)c1C(F)(F)F. The summed E-state index contributed by atoms with van der Waals surface area (Å²) >= 11 is 0. The van der Waals surface area contributed by atoms with Crippen molar-refractivity contribution in [1.29, 1.82) is 5.26 Å². The summed E-state index contributed by atoms with van der Waals surface area (Å²) in [5, 5.41) is 17.1. The minimum Gasteiger partial charge on any atom is -0.392 e. The van der Waals surface area contributed by atoms with Crippen molar-refractivity contribution in [3.63, 3.8) is 0 Å². The molecule has 1 heterocycles. The predicted octanol–water partition coefficient (Wildman–Crippen LogP) is 2.40. The molecule has 0 aliphatic rings. The third kappa shape index (κ3) is 2.50. The van der Waals surface area contributed by atoms with Gasteiger partial charge in [0, 0.05) is 17.3 Å². The Kier molecular flexibility index (Phi) is 3.63. The highest BCUT2D eigenvalue weighted by atomic mass is 19.4. The molecule has 0 unspecified atom stereocenters. The Balaban J connectivity index is 3.67. The molecule has 0 amide bonds. The first-order valence-corrected chi connectivity index (χ1v) is 4.21. The molecule has 0 aliphatic heterocycles. The molecule has 8 heteroatoms. The van der Waals surface area contributed by atoms with Crippen LogP contribution in [0.25, 0.3) is 0 Å². The first-order chi connectivity index (χ1) is 7.82. The summed E-state index contributed by atoms with van der Waals surface area (Å²) in [6, 6.07) is 1.10. The van der Waals surface area contributed by atoms with Gasteiger partial charge in [0.1, 0.15) is 11.6 Å². The molecule has 0 aromatic carbocycles. The fourth-order valence-electron chi connectivity index (χ4n) is 1.31. The number of hydrogen-bond donors (Lipinski definition) is 1. The Hall–Kier alpha value is -1.75. The Morgan fingerprint density at radius 3 is 2.35 bits per heavy atom. The topological polar surface area (TPSA) is 56.9 Å². The van der Waals surface area contributed by atoms with Crippen molar-refractivity contribution in [2.75, 3.05) is 0 Å². The monoisotopic (exact) mass is 252 g/mol. The maximum Gasteiger partial charge on any atom is 0.419 e. The lowest BCUT2D eigenvalue weighted by molar-refractivity contribution is -0.140. The van der Waals surface area contributed by atoms with Gasteiger partial charge < -0.3 is 5.11 Å². The fourth-order valence-corrected chi connectivity index (χ4v) is 1.31. The third-order valence-electron chi connectivity index (χ3n) is 1.98. The second-order valence-electron chi connectivity index (χ2n) is 2.99. The summed E-state index contributed by atoms with van der Waals surface area (Å²) in [7, 11) is 0. The van der Waals surface area contributed by atoms with Gasteiger partial charge >= 0.3 is 6.18 Å². The van der Waals surface area contributed by atoms with Gasteiger partial charge in [-0.1, -0.05) is 0 Å². The fraction of sp³-hybridized carbons (Fsp3) is 0.333. The summed E-state index contributed by atoms with van der Waals surface area (Å²) in [5.41, 5.74) is -4.97. The highest BCUT2D eigenvalue weighted by Crippen LogP contribution is 2.39. The lowest BCUT2D eigenvalue weighted by Gasteiger charge is -2.15. The average molecular weight is 252 g/mol. The number of alkyl halides is 5. The molecule has 1 aromatic rings. The maximum absolute atomic E-state index is 12.6. The van der Waals surface area contributed by atoms with E-state index in [2.05, 4.69) is 4.98 Å². The van der Waals surface area contributed by atoms with E-state index in [9.17, 15) is 22.0 Å². The molecule has 1 N–H and O–H groups in total. The van der Waals surface area contributed by atoms with E-state index in [4.69, 9.17) is 10.4 Å². The summed E-state index contributed by atoms with van der Waals surface area (Å²) in [4.78, 5) is 3.10. The van der Waals surface area contributed by atoms with Crippen molar-refractivity contribution >= 4 is 0 Å². The van der Waals surface area contributed by atoms with Crippen molar-refractivity contribution in [1.82, 2.24) is 4.98 Å². The lowest BCUT2D eigenvalue weighted by Crippen LogP contribution is -2.16. The Labute approximate surface area is 92.1 Å². The molecule has 92 valence electrons. The summed E-state index contributed by atoms with van der Waals surface area (Å²) in [6.07, 6.45) is -7.95. The second-order valence-corrected chi connectivity index (χ2v) is 2.99. The number of nitriles is 1. The van der Waals surface area contributed by atoms with E-state index in [1.54, 1.807) is 0 Å². The van der Waals surface area contributed by atoms with E-state index < -0.39 is 41.6 Å². The van der Waals surface area contributed by atoms with Gasteiger partial charge in [-0.2, -0.15) is 18.4 Å². The number of hydrogen-bond acceptors (Lipinski definition) is 3. The number of aromatic nitrogens is 1. The maximum atomic E-state index is 12.6. The predicted molar refractivity (Wildman–Crippen MR) is 44.8 cm³/mol. The normalized spacial score (nSPS) is 11.6. The van der Waals surface area contributed by atoms with E-state index in [1.165, 1.54) is 0 Å². The van der Waals surface area contributed by atoms with Gasteiger partial charge in [0.2, 0.25) is 0 Å². The van der Waals surface area contributed by atoms with Crippen LogP contribution in [0.1, 0.15) is 28.8 Å². The van der Waals surface area contributed by atoms with Crippen LogP contribution in [0.3, 0.4) is 0 Å². The van der Waals surface area contributed by atoms with Gasteiger partial charge in [0.25, 0.3) is 6.43 Å². The van der Waals surface area contributed by atoms with Crippen LogP contribution in [0.4, 0.5) is 22.0 Å². The van der Waals surface area contributed by atoms with Crippen molar-refractivity contribution in [2.24, 2.45) is 0 Å². The second kappa shape index (κ2) is 4.63. The molecule has 0 saturated heterocycles. The molecule has 1 aromatic heterocycles. The Morgan fingerprint density at radius 1 is 1.41 bits per heavy atom. The van der Waals surface area contributed by atoms with E-state index in [1.807, 2.05) is 0 Å². The number of nitrogens with zero attached hydrogens (tertiary/aromatic N) is 2. The molecule has 0 radical (unpaired) electrons. The first-order valence-electron chi connectivity index (χ1n) is 4.21. The molecule has 0 fully saturated rings. The highest BCUT2D eigenvalue weighted by Gasteiger charge is 2.40. The van der Waals surface area contributed by atoms with Crippen molar-refractivity contribution in [3.05, 3.63) is 28.6 Å². The van der Waals surface area contributed by atoms with Crippen LogP contribution in [0.5, 0.6) is 0 Å². The van der Waals surface area contributed by atoms with Crippen LogP contribution in [0.15, 0.2) is 6.20 Å². The summed E-state index contributed by atoms with van der Waals surface area (Å²) < 4.78 is 62.8. The van der Waals surface area contributed by atoms with Crippen molar-refractivity contribution in [2.45, 2.75) is 19.2 Å². The minimum atomic E-state index is -5.13. The van der Waals surface area contributed by atoms with Gasteiger partial charge in [-0.3, -0.25) is 0 Å². The zero-order chi connectivity index (χ0) is 13.2. The van der Waals surface area contributed by atoms with Crippen LogP contribution in [-0.4, -0.2) is 10.1 Å². The number of aliphatic hydroxyl groups excluding tert-OH is 1. The van der Waals surface area contributed by atoms with Crippen LogP contribution < -0.4 is 0 Å². The van der Waals surface area contributed by atoms with Crippen LogP contribution in [0.2, 0.25) is 0 Å². The molecule has 0 saturated carbocycles. The molecule has 17 heavy (non-hydrogen) atoms. The molecular formula is C9H5F5N2O.